The number of hydrogen-bond donors (Lipinski definition) is 2. The van der Waals surface area contributed by atoms with Crippen LogP contribution in [0.2, 0.25) is 0 Å². The molecule has 0 bridgehead atoms. The highest BCUT2D eigenvalue weighted by Gasteiger charge is 2.28. The molecule has 86 valence electrons. The summed E-state index contributed by atoms with van der Waals surface area (Å²) in [5, 5.41) is 3.17. The topological polar surface area (TPSA) is 71.2 Å². The molecule has 1 unspecified atom stereocenters. The fourth-order valence-electron chi connectivity index (χ4n) is 1.99. The number of amides is 1. The quantitative estimate of drug-likeness (QED) is 0.715. The number of nitrogens with zero attached hydrogens (tertiary/aromatic N) is 2. The molecule has 1 saturated heterocycles. The molecule has 1 atom stereocenters. The fourth-order valence-corrected chi connectivity index (χ4v) is 1.99. The molecule has 0 aromatic carbocycles. The number of rotatable bonds is 2. The van der Waals surface area contributed by atoms with Gasteiger partial charge in [0.1, 0.15) is 11.9 Å². The van der Waals surface area contributed by atoms with Crippen molar-refractivity contribution in [3.8, 4) is 0 Å². The molecule has 2 heterocycles. The van der Waals surface area contributed by atoms with E-state index in [4.69, 9.17) is 5.73 Å². The van der Waals surface area contributed by atoms with Crippen LogP contribution in [0.5, 0.6) is 0 Å². The Labute approximate surface area is 94.6 Å². The van der Waals surface area contributed by atoms with Crippen LogP contribution >= 0.6 is 0 Å². The summed E-state index contributed by atoms with van der Waals surface area (Å²) in [5.41, 5.74) is 6.46. The van der Waals surface area contributed by atoms with Gasteiger partial charge in [0.15, 0.2) is 0 Å². The van der Waals surface area contributed by atoms with Gasteiger partial charge in [0.2, 0.25) is 5.91 Å². The van der Waals surface area contributed by atoms with Gasteiger partial charge in [0.05, 0.1) is 0 Å². The van der Waals surface area contributed by atoms with Gasteiger partial charge in [-0.05, 0) is 18.6 Å². The van der Waals surface area contributed by atoms with Crippen LogP contribution in [0.25, 0.3) is 0 Å². The van der Waals surface area contributed by atoms with E-state index < -0.39 is 0 Å². The Balaban J connectivity index is 2.30. The Bertz CT molecular complexity index is 393. The van der Waals surface area contributed by atoms with Crippen molar-refractivity contribution in [1.82, 2.24) is 10.3 Å². The molecule has 0 spiro atoms. The van der Waals surface area contributed by atoms with E-state index in [2.05, 4.69) is 10.3 Å². The summed E-state index contributed by atoms with van der Waals surface area (Å²) in [6.45, 7) is 4.18. The smallest absolute Gasteiger partial charge is 0.241 e. The predicted molar refractivity (Wildman–Crippen MR) is 62.2 cm³/mol. The molecular formula is C11H16N4O. The SMILES string of the molecule is Cc1cccnc1N1CCNCC1C(N)=O. The highest BCUT2D eigenvalue weighted by molar-refractivity contribution is 5.84. The molecule has 5 heteroatoms. The highest BCUT2D eigenvalue weighted by atomic mass is 16.1. The fraction of sp³-hybridized carbons (Fsp3) is 0.455. The molecule has 5 nitrogen and oxygen atoms in total. The molecule has 16 heavy (non-hydrogen) atoms. The third kappa shape index (κ3) is 1.99. The second-order valence-electron chi connectivity index (χ2n) is 3.96. The van der Waals surface area contributed by atoms with Gasteiger partial charge in [-0.15, -0.1) is 0 Å². The van der Waals surface area contributed by atoms with Crippen molar-refractivity contribution in [2.45, 2.75) is 13.0 Å². The van der Waals surface area contributed by atoms with Crippen LogP contribution in [0.1, 0.15) is 5.56 Å². The minimum absolute atomic E-state index is 0.303. The van der Waals surface area contributed by atoms with E-state index in [1.807, 2.05) is 24.0 Å². The van der Waals surface area contributed by atoms with Crippen molar-refractivity contribution in [2.24, 2.45) is 5.73 Å². The molecule has 0 radical (unpaired) electrons. The summed E-state index contributed by atoms with van der Waals surface area (Å²) >= 11 is 0. The van der Waals surface area contributed by atoms with Crippen molar-refractivity contribution in [2.75, 3.05) is 24.5 Å². The number of anilines is 1. The van der Waals surface area contributed by atoms with Crippen molar-refractivity contribution < 1.29 is 4.79 Å². The van der Waals surface area contributed by atoms with Crippen molar-refractivity contribution in [1.29, 1.82) is 0 Å². The lowest BCUT2D eigenvalue weighted by atomic mass is 10.1. The van der Waals surface area contributed by atoms with Crippen LogP contribution < -0.4 is 16.0 Å². The van der Waals surface area contributed by atoms with Crippen LogP contribution in [0.3, 0.4) is 0 Å². The van der Waals surface area contributed by atoms with E-state index in [1.165, 1.54) is 0 Å². The van der Waals surface area contributed by atoms with Crippen LogP contribution in [0, 0.1) is 6.92 Å². The highest BCUT2D eigenvalue weighted by Crippen LogP contribution is 2.19. The van der Waals surface area contributed by atoms with Crippen molar-refractivity contribution in [3.63, 3.8) is 0 Å². The molecule has 1 amide bonds. The number of primary amides is 1. The number of piperazine rings is 1. The number of carbonyl (C=O) groups is 1. The van der Waals surface area contributed by atoms with Crippen LogP contribution in [0.4, 0.5) is 5.82 Å². The Hall–Kier alpha value is -1.62. The summed E-state index contributed by atoms with van der Waals surface area (Å²) in [5.74, 6) is 0.546. The first-order chi connectivity index (χ1) is 7.70. The first kappa shape index (κ1) is 10.9. The number of nitrogens with one attached hydrogen (secondary N) is 1. The monoisotopic (exact) mass is 220 g/mol. The van der Waals surface area contributed by atoms with E-state index in [1.54, 1.807) is 6.20 Å². The largest absolute Gasteiger partial charge is 0.368 e. The first-order valence-electron chi connectivity index (χ1n) is 5.38. The summed E-state index contributed by atoms with van der Waals surface area (Å²) < 4.78 is 0. The number of aromatic nitrogens is 1. The maximum Gasteiger partial charge on any atom is 0.241 e. The number of hydrogen-bond acceptors (Lipinski definition) is 4. The van der Waals surface area contributed by atoms with Gasteiger partial charge in [-0.3, -0.25) is 4.79 Å². The minimum Gasteiger partial charge on any atom is -0.368 e. The molecule has 1 aliphatic heterocycles. The Morgan fingerprint density at radius 3 is 3.19 bits per heavy atom. The van der Waals surface area contributed by atoms with E-state index in [9.17, 15) is 4.79 Å². The van der Waals surface area contributed by atoms with Crippen LogP contribution in [-0.2, 0) is 4.79 Å². The molecule has 1 aromatic heterocycles. The molecular weight excluding hydrogens is 204 g/mol. The lowest BCUT2D eigenvalue weighted by molar-refractivity contribution is -0.119. The minimum atomic E-state index is -0.308. The maximum absolute atomic E-state index is 11.4. The maximum atomic E-state index is 11.4. The van der Waals surface area contributed by atoms with Gasteiger partial charge >= 0.3 is 0 Å². The Morgan fingerprint density at radius 2 is 2.50 bits per heavy atom. The number of aryl methyl sites for hydroxylation is 1. The third-order valence-electron chi connectivity index (χ3n) is 2.83. The number of nitrogens with two attached hydrogens (primary N) is 1. The Morgan fingerprint density at radius 1 is 1.69 bits per heavy atom. The van der Waals surface area contributed by atoms with Crippen LogP contribution in [0.15, 0.2) is 18.3 Å². The van der Waals surface area contributed by atoms with E-state index in [0.29, 0.717) is 6.54 Å². The van der Waals surface area contributed by atoms with Gasteiger partial charge in [-0.1, -0.05) is 6.07 Å². The lowest BCUT2D eigenvalue weighted by Gasteiger charge is -2.35. The van der Waals surface area contributed by atoms with E-state index in [0.717, 1.165) is 24.5 Å². The number of pyridine rings is 1. The van der Waals surface area contributed by atoms with Crippen molar-refractivity contribution in [3.05, 3.63) is 23.9 Å². The average molecular weight is 220 g/mol. The number of carbonyl (C=O) groups excluding carboxylic acids is 1. The van der Waals surface area contributed by atoms with E-state index >= 15 is 0 Å². The second kappa shape index (κ2) is 4.49. The standard InChI is InChI=1S/C11H16N4O/c1-8-3-2-4-14-11(8)15-6-5-13-7-9(15)10(12)16/h2-4,9,13H,5-7H2,1H3,(H2,12,16). The molecule has 3 N–H and O–H groups in total. The van der Waals surface area contributed by atoms with Gasteiger partial charge in [-0.2, -0.15) is 0 Å². The third-order valence-corrected chi connectivity index (χ3v) is 2.83. The molecule has 0 aliphatic carbocycles. The molecule has 1 aliphatic rings. The normalized spacial score (nSPS) is 20.8. The molecule has 2 rings (SSSR count). The zero-order valence-corrected chi connectivity index (χ0v) is 9.31. The van der Waals surface area contributed by atoms with Gasteiger partial charge in [0, 0.05) is 25.8 Å². The van der Waals surface area contributed by atoms with Crippen LogP contribution in [-0.4, -0.2) is 36.6 Å². The lowest BCUT2D eigenvalue weighted by Crippen LogP contribution is -2.57. The molecule has 1 aromatic rings. The average Bonchev–Trinajstić information content (AvgIpc) is 2.29. The zero-order chi connectivity index (χ0) is 11.5. The van der Waals surface area contributed by atoms with Gasteiger partial charge in [-0.25, -0.2) is 4.98 Å². The summed E-state index contributed by atoms with van der Waals surface area (Å²) in [6, 6.07) is 3.57. The summed E-state index contributed by atoms with van der Waals surface area (Å²) in [7, 11) is 0. The summed E-state index contributed by atoms with van der Waals surface area (Å²) in [4.78, 5) is 17.7. The Kier molecular flexibility index (Phi) is 3.05. The van der Waals surface area contributed by atoms with Gasteiger partial charge in [0.25, 0.3) is 0 Å². The summed E-state index contributed by atoms with van der Waals surface area (Å²) in [6.07, 6.45) is 1.74. The van der Waals surface area contributed by atoms with Crippen molar-refractivity contribution >= 4 is 11.7 Å². The predicted octanol–water partition coefficient (Wildman–Crippen LogP) is -0.346. The second-order valence-corrected chi connectivity index (χ2v) is 3.96. The van der Waals surface area contributed by atoms with Gasteiger partial charge < -0.3 is 16.0 Å². The first-order valence-corrected chi connectivity index (χ1v) is 5.38. The molecule has 1 fully saturated rings. The zero-order valence-electron chi connectivity index (χ0n) is 9.31. The molecule has 0 saturated carbocycles. The van der Waals surface area contributed by atoms with E-state index in [-0.39, 0.29) is 11.9 Å².